The average molecular weight is 165 g/mol. The molecule has 1 heterocycles. The first kappa shape index (κ1) is 9.00. The van der Waals surface area contributed by atoms with E-state index in [1.807, 2.05) is 38.1 Å². The lowest BCUT2D eigenvalue weighted by atomic mass is 10.2. The summed E-state index contributed by atoms with van der Waals surface area (Å²) in [7, 11) is 4.00. The molecule has 0 aliphatic heterocycles. The molecule has 1 atom stereocenters. The monoisotopic (exact) mass is 165 g/mol. The molecule has 2 N–H and O–H groups in total. The van der Waals surface area contributed by atoms with E-state index in [1.54, 1.807) is 6.20 Å². The van der Waals surface area contributed by atoms with Crippen molar-refractivity contribution in [1.29, 1.82) is 0 Å². The van der Waals surface area contributed by atoms with Crippen molar-refractivity contribution in [3.05, 3.63) is 24.0 Å². The Labute approximate surface area is 73.2 Å². The number of anilines is 1. The average Bonchev–Trinajstić information content (AvgIpc) is 2.04. The van der Waals surface area contributed by atoms with Crippen molar-refractivity contribution in [1.82, 2.24) is 4.98 Å². The number of aromatic nitrogens is 1. The minimum atomic E-state index is 0.00454. The summed E-state index contributed by atoms with van der Waals surface area (Å²) >= 11 is 0. The highest BCUT2D eigenvalue weighted by Crippen LogP contribution is 2.14. The lowest BCUT2D eigenvalue weighted by molar-refractivity contribution is 0.780. The van der Waals surface area contributed by atoms with Gasteiger partial charge < -0.3 is 10.6 Å². The van der Waals surface area contributed by atoms with E-state index >= 15 is 0 Å². The molecule has 0 aliphatic carbocycles. The molecule has 0 amide bonds. The highest BCUT2D eigenvalue weighted by atomic mass is 15.1. The summed E-state index contributed by atoms with van der Waals surface area (Å²) in [4.78, 5) is 6.20. The molecule has 1 rings (SSSR count). The topological polar surface area (TPSA) is 42.1 Å². The lowest BCUT2D eigenvalue weighted by Gasteiger charge is -2.13. The molecule has 1 aromatic heterocycles. The predicted octanol–water partition coefficient (Wildman–Crippen LogP) is 1.17. The fourth-order valence-electron chi connectivity index (χ4n) is 0.964. The van der Waals surface area contributed by atoms with Crippen LogP contribution in [0.25, 0.3) is 0 Å². The Balaban J connectivity index is 2.96. The smallest absolute Gasteiger partial charge is 0.0588 e. The van der Waals surface area contributed by atoms with Gasteiger partial charge in [0, 0.05) is 32.0 Å². The molecule has 0 saturated heterocycles. The molecular weight excluding hydrogens is 150 g/mol. The van der Waals surface area contributed by atoms with Crippen LogP contribution in [0, 0.1) is 0 Å². The van der Waals surface area contributed by atoms with Crippen LogP contribution in [0.1, 0.15) is 18.7 Å². The van der Waals surface area contributed by atoms with Gasteiger partial charge in [-0.2, -0.15) is 0 Å². The van der Waals surface area contributed by atoms with Gasteiger partial charge in [-0.15, -0.1) is 0 Å². The maximum absolute atomic E-state index is 5.70. The molecule has 0 fully saturated rings. The van der Waals surface area contributed by atoms with Crippen molar-refractivity contribution in [3.63, 3.8) is 0 Å². The Kier molecular flexibility index (Phi) is 2.65. The maximum atomic E-state index is 5.70. The molecule has 0 aromatic carbocycles. The maximum Gasteiger partial charge on any atom is 0.0588 e. The first-order valence-electron chi connectivity index (χ1n) is 4.00. The van der Waals surface area contributed by atoms with Gasteiger partial charge >= 0.3 is 0 Å². The molecule has 12 heavy (non-hydrogen) atoms. The summed E-state index contributed by atoms with van der Waals surface area (Å²) in [6, 6.07) is 3.97. The minimum absolute atomic E-state index is 0.00454. The van der Waals surface area contributed by atoms with Gasteiger partial charge in [0.1, 0.15) is 0 Å². The number of hydrogen-bond acceptors (Lipinski definition) is 3. The molecule has 0 radical (unpaired) electrons. The Morgan fingerprint density at radius 2 is 2.17 bits per heavy atom. The molecule has 1 aromatic rings. The van der Waals surface area contributed by atoms with Crippen LogP contribution in [0.4, 0.5) is 5.69 Å². The summed E-state index contributed by atoms with van der Waals surface area (Å²) in [5, 5.41) is 0. The SMILES string of the molecule is C[C@@H](N)c1cc(N(C)C)ccn1. The van der Waals surface area contributed by atoms with E-state index in [2.05, 4.69) is 4.98 Å². The Bertz CT molecular complexity index is 232. The molecule has 66 valence electrons. The van der Waals surface area contributed by atoms with Crippen LogP contribution in [-0.4, -0.2) is 19.1 Å². The molecule has 0 aliphatic rings. The van der Waals surface area contributed by atoms with Crippen LogP contribution in [0.5, 0.6) is 0 Å². The van der Waals surface area contributed by atoms with Gasteiger partial charge in [-0.05, 0) is 19.1 Å². The fourth-order valence-corrected chi connectivity index (χ4v) is 0.964. The second-order valence-corrected chi connectivity index (χ2v) is 3.12. The van der Waals surface area contributed by atoms with Crippen molar-refractivity contribution in [2.45, 2.75) is 13.0 Å². The van der Waals surface area contributed by atoms with Crippen LogP contribution in [0.3, 0.4) is 0 Å². The molecule has 0 unspecified atom stereocenters. The van der Waals surface area contributed by atoms with Crippen LogP contribution in [0.15, 0.2) is 18.3 Å². The third-order valence-electron chi connectivity index (χ3n) is 1.75. The minimum Gasteiger partial charge on any atom is -0.378 e. The predicted molar refractivity (Wildman–Crippen MR) is 51.2 cm³/mol. The van der Waals surface area contributed by atoms with Crippen molar-refractivity contribution >= 4 is 5.69 Å². The largest absolute Gasteiger partial charge is 0.378 e. The number of hydrogen-bond donors (Lipinski definition) is 1. The summed E-state index contributed by atoms with van der Waals surface area (Å²) < 4.78 is 0. The van der Waals surface area contributed by atoms with E-state index in [4.69, 9.17) is 5.73 Å². The first-order valence-corrected chi connectivity index (χ1v) is 4.00. The van der Waals surface area contributed by atoms with Crippen LogP contribution < -0.4 is 10.6 Å². The van der Waals surface area contributed by atoms with Gasteiger partial charge in [-0.1, -0.05) is 0 Å². The van der Waals surface area contributed by atoms with Gasteiger partial charge in [0.15, 0.2) is 0 Å². The van der Waals surface area contributed by atoms with E-state index in [-0.39, 0.29) is 6.04 Å². The van der Waals surface area contributed by atoms with Gasteiger partial charge in [0.05, 0.1) is 5.69 Å². The van der Waals surface area contributed by atoms with E-state index in [9.17, 15) is 0 Å². The standard InChI is InChI=1S/C9H15N3/c1-7(10)9-6-8(12(2)3)4-5-11-9/h4-7H,10H2,1-3H3/t7-/m1/s1. The molecule has 3 heteroatoms. The number of nitrogens with two attached hydrogens (primary N) is 1. The van der Waals surface area contributed by atoms with E-state index in [0.29, 0.717) is 0 Å². The van der Waals surface area contributed by atoms with Gasteiger partial charge in [-0.3, -0.25) is 4.98 Å². The summed E-state index contributed by atoms with van der Waals surface area (Å²) in [6.07, 6.45) is 1.79. The third kappa shape index (κ3) is 1.95. The number of pyridine rings is 1. The first-order chi connectivity index (χ1) is 5.61. The second kappa shape index (κ2) is 3.54. The Morgan fingerprint density at radius 3 is 2.67 bits per heavy atom. The zero-order chi connectivity index (χ0) is 9.14. The summed E-state index contributed by atoms with van der Waals surface area (Å²) in [6.45, 7) is 1.93. The van der Waals surface area contributed by atoms with Crippen LogP contribution >= 0.6 is 0 Å². The van der Waals surface area contributed by atoms with Crippen molar-refractivity contribution in [2.75, 3.05) is 19.0 Å². The summed E-state index contributed by atoms with van der Waals surface area (Å²) in [5.74, 6) is 0. The molecular formula is C9H15N3. The highest BCUT2D eigenvalue weighted by Gasteiger charge is 2.02. The third-order valence-corrected chi connectivity index (χ3v) is 1.75. The molecule has 0 bridgehead atoms. The van der Waals surface area contributed by atoms with Gasteiger partial charge in [0.2, 0.25) is 0 Å². The fraction of sp³-hybridized carbons (Fsp3) is 0.444. The Morgan fingerprint density at radius 1 is 1.50 bits per heavy atom. The van der Waals surface area contributed by atoms with E-state index in [0.717, 1.165) is 11.4 Å². The van der Waals surface area contributed by atoms with Gasteiger partial charge in [0.25, 0.3) is 0 Å². The molecule has 0 saturated carbocycles. The van der Waals surface area contributed by atoms with Crippen molar-refractivity contribution in [2.24, 2.45) is 5.73 Å². The van der Waals surface area contributed by atoms with E-state index < -0.39 is 0 Å². The molecule has 3 nitrogen and oxygen atoms in total. The number of rotatable bonds is 2. The quantitative estimate of drug-likeness (QED) is 0.715. The van der Waals surface area contributed by atoms with Crippen LogP contribution in [-0.2, 0) is 0 Å². The van der Waals surface area contributed by atoms with Crippen LogP contribution in [0.2, 0.25) is 0 Å². The lowest BCUT2D eigenvalue weighted by Crippen LogP contribution is -2.12. The number of nitrogens with zero attached hydrogens (tertiary/aromatic N) is 2. The Hall–Kier alpha value is -1.09. The molecule has 0 spiro atoms. The van der Waals surface area contributed by atoms with Crippen molar-refractivity contribution in [3.8, 4) is 0 Å². The van der Waals surface area contributed by atoms with Gasteiger partial charge in [-0.25, -0.2) is 0 Å². The second-order valence-electron chi connectivity index (χ2n) is 3.12. The highest BCUT2D eigenvalue weighted by molar-refractivity contribution is 5.45. The summed E-state index contributed by atoms with van der Waals surface area (Å²) in [5.41, 5.74) is 7.77. The van der Waals surface area contributed by atoms with E-state index in [1.165, 1.54) is 0 Å². The van der Waals surface area contributed by atoms with Crippen molar-refractivity contribution < 1.29 is 0 Å². The zero-order valence-electron chi connectivity index (χ0n) is 7.78. The zero-order valence-corrected chi connectivity index (χ0v) is 7.78. The normalized spacial score (nSPS) is 12.7.